The van der Waals surface area contributed by atoms with E-state index in [1.807, 2.05) is 0 Å². The molecule has 1 heterocycles. The van der Waals surface area contributed by atoms with Gasteiger partial charge in [0.15, 0.2) is 0 Å². The molecule has 5 rings (SSSR count). The van der Waals surface area contributed by atoms with Gasteiger partial charge in [-0.05, 0) is 86.2 Å². The van der Waals surface area contributed by atoms with Crippen molar-refractivity contribution < 1.29 is 4.74 Å². The van der Waals surface area contributed by atoms with Crippen LogP contribution in [-0.4, -0.2) is 31.1 Å². The van der Waals surface area contributed by atoms with Crippen LogP contribution in [0.15, 0.2) is 29.8 Å². The molecule has 0 unspecified atom stereocenters. The second-order valence-electron chi connectivity index (χ2n) is 8.42. The maximum absolute atomic E-state index is 5.56. The number of ether oxygens (including phenoxy) is 1. The molecular formula is C22H29NO. The molecule has 2 heteroatoms. The number of likely N-dealkylation sites (tertiary alicyclic amines) is 1. The average Bonchev–Trinajstić information content (AvgIpc) is 2.59. The Kier molecular flexibility index (Phi) is 3.52. The zero-order valence-electron chi connectivity index (χ0n) is 14.9. The molecule has 2 fully saturated rings. The Hall–Kier alpha value is -1.28. The second kappa shape index (κ2) is 5.62. The van der Waals surface area contributed by atoms with Crippen molar-refractivity contribution in [1.82, 2.24) is 4.90 Å². The molecule has 1 saturated heterocycles. The number of hydrogen-bond donors (Lipinski definition) is 0. The van der Waals surface area contributed by atoms with E-state index in [1.54, 1.807) is 23.8 Å². The summed E-state index contributed by atoms with van der Waals surface area (Å²) in [6, 6.07) is 7.53. The van der Waals surface area contributed by atoms with Gasteiger partial charge in [-0.1, -0.05) is 18.6 Å². The lowest BCUT2D eigenvalue weighted by Crippen LogP contribution is -2.57. The summed E-state index contributed by atoms with van der Waals surface area (Å²) in [5, 5.41) is 0. The maximum Gasteiger partial charge on any atom is 0.119 e. The quantitative estimate of drug-likeness (QED) is 0.761. The second-order valence-corrected chi connectivity index (χ2v) is 8.42. The number of fused-ring (bicyclic) bond motifs is 1. The molecule has 1 aromatic rings. The summed E-state index contributed by atoms with van der Waals surface area (Å²) in [5.41, 5.74) is 5.26. The summed E-state index contributed by atoms with van der Waals surface area (Å²) in [6.45, 7) is 2.62. The molecule has 1 saturated carbocycles. The number of rotatable bonds is 3. The first-order valence-electron chi connectivity index (χ1n) is 9.92. The maximum atomic E-state index is 5.56. The van der Waals surface area contributed by atoms with Gasteiger partial charge in [-0.2, -0.15) is 0 Å². The van der Waals surface area contributed by atoms with E-state index in [0.29, 0.717) is 11.5 Å². The van der Waals surface area contributed by atoms with E-state index < -0.39 is 0 Å². The number of hydrogen-bond acceptors (Lipinski definition) is 2. The van der Waals surface area contributed by atoms with Crippen LogP contribution in [0.5, 0.6) is 5.75 Å². The van der Waals surface area contributed by atoms with Gasteiger partial charge in [0.25, 0.3) is 0 Å². The van der Waals surface area contributed by atoms with Gasteiger partial charge in [-0.15, -0.1) is 0 Å². The van der Waals surface area contributed by atoms with Crippen molar-refractivity contribution in [1.29, 1.82) is 0 Å². The standard InChI is InChI=1S/C22H29NO/c1-24-18-9-8-17-13-21-19-7-2-3-10-22(19,20(17)14-18)11-12-23(21)15-16-5-4-6-16/h7-9,14,16,21H,2-6,10-13,15H2,1H3/t21-,22-/m1/s1. The Morgan fingerprint density at radius 2 is 2.12 bits per heavy atom. The van der Waals surface area contributed by atoms with Crippen LogP contribution in [0.4, 0.5) is 0 Å². The fourth-order valence-corrected chi connectivity index (χ4v) is 5.82. The van der Waals surface area contributed by atoms with Gasteiger partial charge < -0.3 is 4.74 Å². The molecule has 1 aliphatic heterocycles. The molecule has 0 aromatic heterocycles. The Labute approximate surface area is 145 Å². The highest BCUT2D eigenvalue weighted by Crippen LogP contribution is 2.54. The monoisotopic (exact) mass is 323 g/mol. The van der Waals surface area contributed by atoms with Crippen molar-refractivity contribution in [3.8, 4) is 5.75 Å². The Bertz CT molecular complexity index is 675. The van der Waals surface area contributed by atoms with Gasteiger partial charge in [0.1, 0.15) is 5.75 Å². The number of methoxy groups -OCH3 is 1. The zero-order valence-corrected chi connectivity index (χ0v) is 14.9. The highest BCUT2D eigenvalue weighted by atomic mass is 16.5. The van der Waals surface area contributed by atoms with E-state index >= 15 is 0 Å². The number of allylic oxidation sites excluding steroid dienone is 1. The van der Waals surface area contributed by atoms with Crippen LogP contribution in [0.25, 0.3) is 0 Å². The van der Waals surface area contributed by atoms with Crippen LogP contribution in [0, 0.1) is 5.92 Å². The minimum atomic E-state index is 0.321. The molecule has 24 heavy (non-hydrogen) atoms. The molecular weight excluding hydrogens is 294 g/mol. The van der Waals surface area contributed by atoms with Gasteiger partial charge >= 0.3 is 0 Å². The van der Waals surface area contributed by atoms with Crippen molar-refractivity contribution in [2.24, 2.45) is 5.92 Å². The fraction of sp³-hybridized carbons (Fsp3) is 0.636. The summed E-state index contributed by atoms with van der Waals surface area (Å²) < 4.78 is 5.56. The summed E-state index contributed by atoms with van der Waals surface area (Å²) >= 11 is 0. The van der Waals surface area contributed by atoms with Gasteiger partial charge in [0.05, 0.1) is 7.11 Å². The Morgan fingerprint density at radius 3 is 2.92 bits per heavy atom. The lowest BCUT2D eigenvalue weighted by Gasteiger charge is -2.56. The van der Waals surface area contributed by atoms with Gasteiger partial charge in [-0.25, -0.2) is 0 Å². The van der Waals surface area contributed by atoms with Crippen LogP contribution in [0.1, 0.15) is 56.1 Å². The van der Waals surface area contributed by atoms with Gasteiger partial charge in [-0.3, -0.25) is 4.90 Å². The van der Waals surface area contributed by atoms with Crippen molar-refractivity contribution >= 4 is 0 Å². The lowest BCUT2D eigenvalue weighted by molar-refractivity contribution is 0.0897. The predicted octanol–water partition coefficient (Wildman–Crippen LogP) is 4.47. The Morgan fingerprint density at radius 1 is 1.21 bits per heavy atom. The van der Waals surface area contributed by atoms with Crippen molar-refractivity contribution in [3.63, 3.8) is 0 Å². The molecule has 3 aliphatic carbocycles. The molecule has 0 amide bonds. The Balaban J connectivity index is 1.56. The molecule has 0 radical (unpaired) electrons. The zero-order chi connectivity index (χ0) is 16.1. The third-order valence-electron chi connectivity index (χ3n) is 7.31. The van der Waals surface area contributed by atoms with Gasteiger partial charge in [0, 0.05) is 18.0 Å². The van der Waals surface area contributed by atoms with Crippen molar-refractivity contribution in [2.75, 3.05) is 20.2 Å². The molecule has 2 nitrogen and oxygen atoms in total. The van der Waals surface area contributed by atoms with E-state index in [1.165, 1.54) is 64.5 Å². The fourth-order valence-electron chi connectivity index (χ4n) is 5.82. The minimum absolute atomic E-state index is 0.321. The lowest BCUT2D eigenvalue weighted by atomic mass is 9.56. The summed E-state index contributed by atoms with van der Waals surface area (Å²) in [7, 11) is 1.80. The van der Waals surface area contributed by atoms with E-state index in [2.05, 4.69) is 29.2 Å². The third kappa shape index (κ3) is 2.12. The van der Waals surface area contributed by atoms with Gasteiger partial charge in [0.2, 0.25) is 0 Å². The molecule has 4 aliphatic rings. The smallest absolute Gasteiger partial charge is 0.119 e. The molecule has 0 spiro atoms. The molecule has 128 valence electrons. The molecule has 2 bridgehead atoms. The molecule has 2 atom stereocenters. The summed E-state index contributed by atoms with van der Waals surface area (Å²) in [5.74, 6) is 2.00. The highest BCUT2D eigenvalue weighted by Gasteiger charge is 2.50. The first-order chi connectivity index (χ1) is 11.8. The van der Waals surface area contributed by atoms with Crippen molar-refractivity contribution in [3.05, 3.63) is 41.0 Å². The number of nitrogens with zero attached hydrogens (tertiary/aromatic N) is 1. The average molecular weight is 323 g/mol. The topological polar surface area (TPSA) is 12.5 Å². The first kappa shape index (κ1) is 15.0. The van der Waals surface area contributed by atoms with Crippen LogP contribution in [0.2, 0.25) is 0 Å². The number of piperidine rings is 1. The van der Waals surface area contributed by atoms with E-state index in [4.69, 9.17) is 4.74 Å². The van der Waals surface area contributed by atoms with Crippen LogP contribution in [0.3, 0.4) is 0 Å². The first-order valence-corrected chi connectivity index (χ1v) is 9.92. The van der Waals surface area contributed by atoms with Crippen LogP contribution >= 0.6 is 0 Å². The number of benzene rings is 1. The van der Waals surface area contributed by atoms with E-state index in [9.17, 15) is 0 Å². The minimum Gasteiger partial charge on any atom is -0.497 e. The highest BCUT2D eigenvalue weighted by molar-refractivity contribution is 5.53. The molecule has 0 N–H and O–H groups in total. The third-order valence-corrected chi connectivity index (χ3v) is 7.31. The van der Waals surface area contributed by atoms with Crippen molar-refractivity contribution in [2.45, 2.75) is 62.8 Å². The largest absolute Gasteiger partial charge is 0.497 e. The SMILES string of the molecule is COc1ccc2c(c1)[C@@]13CCCC=C1[C@@H](C2)N(CC1CCC1)CC3. The normalized spacial score (nSPS) is 32.4. The van der Waals surface area contributed by atoms with Crippen LogP contribution < -0.4 is 4.74 Å². The summed E-state index contributed by atoms with van der Waals surface area (Å²) in [4.78, 5) is 2.84. The van der Waals surface area contributed by atoms with E-state index in [-0.39, 0.29) is 0 Å². The predicted molar refractivity (Wildman–Crippen MR) is 97.6 cm³/mol. The molecule has 1 aromatic carbocycles. The van der Waals surface area contributed by atoms with E-state index in [0.717, 1.165) is 11.7 Å². The van der Waals surface area contributed by atoms with Crippen LogP contribution in [-0.2, 0) is 11.8 Å². The summed E-state index contributed by atoms with van der Waals surface area (Å²) in [6.07, 6.45) is 13.5.